The van der Waals surface area contributed by atoms with Crippen LogP contribution in [0.15, 0.2) is 83.8 Å². The molecule has 2 nitrogen and oxygen atoms in total. The first-order valence-corrected chi connectivity index (χ1v) is 7.65. The van der Waals surface area contributed by atoms with Crippen LogP contribution in [0.4, 0.5) is 0 Å². The molecule has 0 fully saturated rings. The Morgan fingerprint density at radius 1 is 0.522 bits per heavy atom. The molecular formula is C20H14O2S. The van der Waals surface area contributed by atoms with Crippen molar-refractivity contribution in [2.75, 3.05) is 0 Å². The maximum absolute atomic E-state index is 12.3. The molecule has 1 aliphatic carbocycles. The SMILES string of the molecule is O=C1c2ccccc2C(=O)c2c(S)cccc21.c1ccccc1. The van der Waals surface area contributed by atoms with Crippen molar-refractivity contribution in [3.05, 3.63) is 101 Å². The fourth-order valence-corrected chi connectivity index (χ4v) is 2.82. The second-order valence-corrected chi connectivity index (χ2v) is 5.54. The number of rotatable bonds is 0. The lowest BCUT2D eigenvalue weighted by Gasteiger charge is -2.18. The van der Waals surface area contributed by atoms with Crippen molar-refractivity contribution in [2.24, 2.45) is 0 Å². The summed E-state index contributed by atoms with van der Waals surface area (Å²) >= 11 is 4.25. The smallest absolute Gasteiger partial charge is 0.195 e. The molecule has 0 saturated carbocycles. The predicted octanol–water partition coefficient (Wildman–Crippen LogP) is 4.44. The molecule has 3 aromatic carbocycles. The first-order valence-electron chi connectivity index (χ1n) is 7.20. The van der Waals surface area contributed by atoms with Crippen molar-refractivity contribution in [1.29, 1.82) is 0 Å². The van der Waals surface area contributed by atoms with E-state index in [1.165, 1.54) is 0 Å². The van der Waals surface area contributed by atoms with Gasteiger partial charge >= 0.3 is 0 Å². The number of benzene rings is 3. The molecule has 0 aromatic heterocycles. The van der Waals surface area contributed by atoms with Crippen LogP contribution in [-0.2, 0) is 0 Å². The molecule has 3 aromatic rings. The fourth-order valence-electron chi connectivity index (χ4n) is 2.51. The lowest BCUT2D eigenvalue weighted by atomic mass is 9.84. The average molecular weight is 318 g/mol. The maximum atomic E-state index is 12.3. The van der Waals surface area contributed by atoms with Gasteiger partial charge in [0.15, 0.2) is 11.6 Å². The van der Waals surface area contributed by atoms with Crippen LogP contribution in [0.1, 0.15) is 31.8 Å². The number of ketones is 2. The Hall–Kier alpha value is -2.65. The quantitative estimate of drug-likeness (QED) is 0.486. The number of hydrogen-bond donors (Lipinski definition) is 1. The summed E-state index contributed by atoms with van der Waals surface area (Å²) in [4.78, 5) is 25.0. The Kier molecular flexibility index (Phi) is 4.40. The van der Waals surface area contributed by atoms with E-state index in [9.17, 15) is 9.59 Å². The first-order chi connectivity index (χ1) is 11.2. The van der Waals surface area contributed by atoms with Gasteiger partial charge < -0.3 is 0 Å². The van der Waals surface area contributed by atoms with Gasteiger partial charge in [-0.25, -0.2) is 0 Å². The number of fused-ring (bicyclic) bond motifs is 2. The Morgan fingerprint density at radius 2 is 1.00 bits per heavy atom. The average Bonchev–Trinajstić information content (AvgIpc) is 2.61. The highest BCUT2D eigenvalue weighted by Gasteiger charge is 2.30. The lowest BCUT2D eigenvalue weighted by molar-refractivity contribution is 0.0977. The van der Waals surface area contributed by atoms with E-state index in [-0.39, 0.29) is 11.6 Å². The Balaban J connectivity index is 0.000000220. The molecule has 0 N–H and O–H groups in total. The van der Waals surface area contributed by atoms with Crippen molar-refractivity contribution in [3.8, 4) is 0 Å². The van der Waals surface area contributed by atoms with Crippen LogP contribution in [0.5, 0.6) is 0 Å². The maximum Gasteiger partial charge on any atom is 0.195 e. The van der Waals surface area contributed by atoms with Gasteiger partial charge in [0, 0.05) is 27.1 Å². The highest BCUT2D eigenvalue weighted by molar-refractivity contribution is 7.80. The van der Waals surface area contributed by atoms with Gasteiger partial charge in [-0.15, -0.1) is 12.6 Å². The van der Waals surface area contributed by atoms with E-state index in [0.29, 0.717) is 27.1 Å². The zero-order valence-electron chi connectivity index (χ0n) is 12.3. The highest BCUT2D eigenvalue weighted by atomic mass is 32.1. The number of thiol groups is 1. The summed E-state index contributed by atoms with van der Waals surface area (Å²) in [5, 5.41) is 0. The molecule has 0 radical (unpaired) electrons. The van der Waals surface area contributed by atoms with Crippen molar-refractivity contribution >= 4 is 24.2 Å². The fraction of sp³-hybridized carbons (Fsp3) is 0. The normalized spacial score (nSPS) is 11.9. The minimum Gasteiger partial charge on any atom is -0.289 e. The third-order valence-electron chi connectivity index (χ3n) is 3.60. The van der Waals surface area contributed by atoms with E-state index in [2.05, 4.69) is 12.6 Å². The van der Waals surface area contributed by atoms with Crippen molar-refractivity contribution in [2.45, 2.75) is 4.90 Å². The number of carbonyl (C=O) groups is 2. The molecule has 4 rings (SSSR count). The van der Waals surface area contributed by atoms with Crippen LogP contribution in [0, 0.1) is 0 Å². The van der Waals surface area contributed by atoms with Crippen LogP contribution in [0.2, 0.25) is 0 Å². The zero-order chi connectivity index (χ0) is 16.2. The summed E-state index contributed by atoms with van der Waals surface area (Å²) in [5.74, 6) is -0.230. The molecule has 112 valence electrons. The second kappa shape index (κ2) is 6.63. The van der Waals surface area contributed by atoms with E-state index in [4.69, 9.17) is 0 Å². The van der Waals surface area contributed by atoms with Crippen molar-refractivity contribution in [3.63, 3.8) is 0 Å². The summed E-state index contributed by atoms with van der Waals surface area (Å²) in [6.07, 6.45) is 0. The van der Waals surface area contributed by atoms with Crippen molar-refractivity contribution in [1.82, 2.24) is 0 Å². The number of hydrogen-bond acceptors (Lipinski definition) is 3. The van der Waals surface area contributed by atoms with Gasteiger partial charge in [-0.1, -0.05) is 72.8 Å². The van der Waals surface area contributed by atoms with E-state index in [1.807, 2.05) is 36.4 Å². The van der Waals surface area contributed by atoms with Gasteiger partial charge in [0.2, 0.25) is 0 Å². The van der Waals surface area contributed by atoms with Gasteiger partial charge in [-0.2, -0.15) is 0 Å². The van der Waals surface area contributed by atoms with E-state index in [1.54, 1.807) is 42.5 Å². The molecule has 0 bridgehead atoms. The standard InChI is InChI=1S/C14H8O2S.C6H6/c15-13-8-4-1-2-5-9(8)14(16)12-10(13)6-3-7-11(12)17;1-2-4-6-5-3-1/h1-7,17H;1-6H. The Morgan fingerprint density at radius 3 is 1.57 bits per heavy atom. The second-order valence-electron chi connectivity index (χ2n) is 5.06. The molecule has 0 saturated heterocycles. The summed E-state index contributed by atoms with van der Waals surface area (Å²) in [7, 11) is 0. The Bertz CT molecular complexity index is 843. The zero-order valence-corrected chi connectivity index (χ0v) is 13.2. The third kappa shape index (κ3) is 2.96. The molecule has 3 heteroatoms. The van der Waals surface area contributed by atoms with E-state index in [0.717, 1.165) is 0 Å². The molecule has 0 aliphatic heterocycles. The molecule has 0 heterocycles. The molecule has 23 heavy (non-hydrogen) atoms. The topological polar surface area (TPSA) is 34.1 Å². The van der Waals surface area contributed by atoms with Crippen molar-refractivity contribution < 1.29 is 9.59 Å². The summed E-state index contributed by atoms with van der Waals surface area (Å²) < 4.78 is 0. The van der Waals surface area contributed by atoms with Crippen LogP contribution in [0.25, 0.3) is 0 Å². The molecule has 1 aliphatic rings. The van der Waals surface area contributed by atoms with Gasteiger partial charge in [0.05, 0.1) is 0 Å². The van der Waals surface area contributed by atoms with Gasteiger partial charge in [-0.3, -0.25) is 9.59 Å². The van der Waals surface area contributed by atoms with Gasteiger partial charge in [0.1, 0.15) is 0 Å². The van der Waals surface area contributed by atoms with E-state index >= 15 is 0 Å². The van der Waals surface area contributed by atoms with Crippen LogP contribution in [-0.4, -0.2) is 11.6 Å². The minimum absolute atomic E-state index is 0.105. The number of carbonyl (C=O) groups excluding carboxylic acids is 2. The largest absolute Gasteiger partial charge is 0.289 e. The van der Waals surface area contributed by atoms with E-state index < -0.39 is 0 Å². The highest BCUT2D eigenvalue weighted by Crippen LogP contribution is 2.30. The molecular weight excluding hydrogens is 304 g/mol. The van der Waals surface area contributed by atoms with Crippen LogP contribution < -0.4 is 0 Å². The molecule has 0 amide bonds. The van der Waals surface area contributed by atoms with Gasteiger partial charge in [0.25, 0.3) is 0 Å². The van der Waals surface area contributed by atoms with Crippen LogP contribution >= 0.6 is 12.6 Å². The molecule has 0 atom stereocenters. The monoisotopic (exact) mass is 318 g/mol. The molecule has 0 unspecified atom stereocenters. The summed E-state index contributed by atoms with van der Waals surface area (Å²) in [5.41, 5.74) is 1.80. The molecule has 0 spiro atoms. The summed E-state index contributed by atoms with van der Waals surface area (Å²) in [6.45, 7) is 0. The predicted molar refractivity (Wildman–Crippen MR) is 93.4 cm³/mol. The van der Waals surface area contributed by atoms with Crippen LogP contribution in [0.3, 0.4) is 0 Å². The lowest BCUT2D eigenvalue weighted by Crippen LogP contribution is -2.21. The first kappa shape index (κ1) is 15.3. The summed E-state index contributed by atoms with van der Waals surface area (Å²) in [6, 6.07) is 24.0. The minimum atomic E-state index is -0.124. The third-order valence-corrected chi connectivity index (χ3v) is 3.97. The Labute approximate surface area is 140 Å². The van der Waals surface area contributed by atoms with Gasteiger partial charge in [-0.05, 0) is 6.07 Å².